The summed E-state index contributed by atoms with van der Waals surface area (Å²) < 4.78 is 1.97. The lowest BCUT2D eigenvalue weighted by Gasteiger charge is -2.00. The van der Waals surface area contributed by atoms with E-state index in [4.69, 9.17) is 0 Å². The van der Waals surface area contributed by atoms with Crippen LogP contribution in [0.5, 0.6) is 0 Å². The number of unbranched alkanes of at least 4 members (excludes halogenated alkanes) is 5. The summed E-state index contributed by atoms with van der Waals surface area (Å²) in [4.78, 5) is 4.21. The smallest absolute Gasteiger partial charge is 0.150 e. The maximum Gasteiger partial charge on any atom is 0.150 e. The van der Waals surface area contributed by atoms with E-state index < -0.39 is 0 Å². The Balaban J connectivity index is 2.04. The number of aryl methyl sites for hydroxylation is 2. The highest BCUT2D eigenvalue weighted by atomic mass is 15.3. The molecule has 86 valence electrons. The molecule has 0 spiro atoms. The Morgan fingerprint density at radius 3 is 2.47 bits per heavy atom. The van der Waals surface area contributed by atoms with Gasteiger partial charge in [0.2, 0.25) is 0 Å². The molecule has 0 atom stereocenters. The van der Waals surface area contributed by atoms with Crippen molar-refractivity contribution in [3.05, 3.63) is 12.2 Å². The second-order valence-corrected chi connectivity index (χ2v) is 4.05. The van der Waals surface area contributed by atoms with Crippen LogP contribution in [-0.4, -0.2) is 14.8 Å². The molecule has 0 aromatic carbocycles. The van der Waals surface area contributed by atoms with Crippen molar-refractivity contribution in [2.45, 2.75) is 65.3 Å². The molecule has 1 aromatic heterocycles. The first kappa shape index (κ1) is 12.2. The van der Waals surface area contributed by atoms with Gasteiger partial charge in [-0.3, -0.25) is 4.68 Å². The lowest BCUT2D eigenvalue weighted by molar-refractivity contribution is 0.524. The maximum atomic E-state index is 4.37. The summed E-state index contributed by atoms with van der Waals surface area (Å²) in [5.41, 5.74) is 0. The molecule has 3 heteroatoms. The van der Waals surface area contributed by atoms with Crippen LogP contribution < -0.4 is 0 Å². The van der Waals surface area contributed by atoms with E-state index in [-0.39, 0.29) is 0 Å². The molecule has 1 rings (SSSR count). The average Bonchev–Trinajstić information content (AvgIpc) is 2.71. The van der Waals surface area contributed by atoms with E-state index in [1.165, 1.54) is 38.5 Å². The molecule has 3 nitrogen and oxygen atoms in total. The van der Waals surface area contributed by atoms with Crippen LogP contribution in [0.1, 0.15) is 58.2 Å². The second-order valence-electron chi connectivity index (χ2n) is 4.05. The van der Waals surface area contributed by atoms with Crippen molar-refractivity contribution in [3.8, 4) is 0 Å². The van der Waals surface area contributed by atoms with Gasteiger partial charge in [-0.1, -0.05) is 46.0 Å². The number of rotatable bonds is 8. The number of aromatic nitrogens is 3. The highest BCUT2D eigenvalue weighted by Gasteiger charge is 1.97. The quantitative estimate of drug-likeness (QED) is 0.615. The first-order valence-electron chi connectivity index (χ1n) is 6.25. The fraction of sp³-hybridized carbons (Fsp3) is 0.833. The molecule has 1 heterocycles. The fourth-order valence-corrected chi connectivity index (χ4v) is 1.66. The molecule has 0 bridgehead atoms. The van der Waals surface area contributed by atoms with E-state index in [0.717, 1.165) is 18.8 Å². The Hall–Kier alpha value is -0.860. The minimum absolute atomic E-state index is 0.934. The molecular weight excluding hydrogens is 186 g/mol. The van der Waals surface area contributed by atoms with Gasteiger partial charge >= 0.3 is 0 Å². The van der Waals surface area contributed by atoms with Gasteiger partial charge < -0.3 is 0 Å². The lowest BCUT2D eigenvalue weighted by Crippen LogP contribution is -1.99. The molecule has 0 aliphatic rings. The van der Waals surface area contributed by atoms with E-state index in [9.17, 15) is 0 Å². The molecule has 0 N–H and O–H groups in total. The minimum atomic E-state index is 0.934. The Morgan fingerprint density at radius 2 is 1.80 bits per heavy atom. The van der Waals surface area contributed by atoms with Crippen molar-refractivity contribution in [3.63, 3.8) is 0 Å². The number of hydrogen-bond acceptors (Lipinski definition) is 2. The van der Waals surface area contributed by atoms with Crippen LogP contribution in [0, 0.1) is 0 Å². The average molecular weight is 209 g/mol. The third-order valence-electron chi connectivity index (χ3n) is 2.64. The van der Waals surface area contributed by atoms with Gasteiger partial charge in [-0.25, -0.2) is 4.98 Å². The highest BCUT2D eigenvalue weighted by Crippen LogP contribution is 2.05. The zero-order valence-electron chi connectivity index (χ0n) is 10.1. The van der Waals surface area contributed by atoms with Crippen LogP contribution in [0.15, 0.2) is 6.33 Å². The van der Waals surface area contributed by atoms with Crippen LogP contribution in [-0.2, 0) is 13.0 Å². The van der Waals surface area contributed by atoms with Crippen molar-refractivity contribution in [1.82, 2.24) is 14.8 Å². The largest absolute Gasteiger partial charge is 0.253 e. The van der Waals surface area contributed by atoms with Gasteiger partial charge in [-0.2, -0.15) is 5.10 Å². The summed E-state index contributed by atoms with van der Waals surface area (Å²) in [5, 5.41) is 4.37. The Bertz CT molecular complexity index is 255. The molecule has 0 radical (unpaired) electrons. The highest BCUT2D eigenvalue weighted by molar-refractivity contribution is 4.79. The first-order chi connectivity index (χ1) is 7.36. The van der Waals surface area contributed by atoms with Crippen LogP contribution in [0.25, 0.3) is 0 Å². The normalized spacial score (nSPS) is 10.8. The predicted molar refractivity (Wildman–Crippen MR) is 62.8 cm³/mol. The van der Waals surface area contributed by atoms with Gasteiger partial charge in [0.05, 0.1) is 0 Å². The van der Waals surface area contributed by atoms with E-state index in [1.807, 2.05) is 11.0 Å². The monoisotopic (exact) mass is 209 g/mol. The van der Waals surface area contributed by atoms with Crippen molar-refractivity contribution >= 4 is 0 Å². The standard InChI is InChI=1S/C12H23N3/c1-3-5-6-7-8-9-10-15-11-13-12(4-2)14-15/h11H,3-10H2,1-2H3. The first-order valence-corrected chi connectivity index (χ1v) is 6.25. The minimum Gasteiger partial charge on any atom is -0.253 e. The van der Waals surface area contributed by atoms with Gasteiger partial charge in [-0.05, 0) is 6.42 Å². The SMILES string of the molecule is CCCCCCCCn1cnc(CC)n1. The molecular formula is C12H23N3. The van der Waals surface area contributed by atoms with Crippen LogP contribution in [0.3, 0.4) is 0 Å². The Labute approximate surface area is 92.9 Å². The lowest BCUT2D eigenvalue weighted by atomic mass is 10.1. The molecule has 0 aliphatic carbocycles. The fourth-order valence-electron chi connectivity index (χ4n) is 1.66. The van der Waals surface area contributed by atoms with Gasteiger partial charge in [0.1, 0.15) is 12.2 Å². The summed E-state index contributed by atoms with van der Waals surface area (Å²) in [6.07, 6.45) is 10.8. The molecule has 1 aromatic rings. The van der Waals surface area contributed by atoms with E-state index >= 15 is 0 Å². The zero-order chi connectivity index (χ0) is 10.9. The van der Waals surface area contributed by atoms with Crippen LogP contribution in [0.4, 0.5) is 0 Å². The Kier molecular flexibility index (Phi) is 6.05. The molecule has 0 unspecified atom stereocenters. The third kappa shape index (κ3) is 4.96. The van der Waals surface area contributed by atoms with Crippen molar-refractivity contribution < 1.29 is 0 Å². The van der Waals surface area contributed by atoms with Gasteiger partial charge in [0, 0.05) is 13.0 Å². The number of hydrogen-bond donors (Lipinski definition) is 0. The van der Waals surface area contributed by atoms with Gasteiger partial charge in [0.15, 0.2) is 0 Å². The van der Waals surface area contributed by atoms with Crippen molar-refractivity contribution in [2.75, 3.05) is 0 Å². The molecule has 15 heavy (non-hydrogen) atoms. The van der Waals surface area contributed by atoms with E-state index in [0.29, 0.717) is 0 Å². The molecule has 0 saturated heterocycles. The molecule has 0 saturated carbocycles. The maximum absolute atomic E-state index is 4.37. The Morgan fingerprint density at radius 1 is 1.07 bits per heavy atom. The van der Waals surface area contributed by atoms with Crippen molar-refractivity contribution in [1.29, 1.82) is 0 Å². The molecule has 0 fully saturated rings. The zero-order valence-corrected chi connectivity index (χ0v) is 10.1. The summed E-state index contributed by atoms with van der Waals surface area (Å²) in [6, 6.07) is 0. The second kappa shape index (κ2) is 7.43. The third-order valence-corrected chi connectivity index (χ3v) is 2.64. The van der Waals surface area contributed by atoms with Crippen molar-refractivity contribution in [2.24, 2.45) is 0 Å². The summed E-state index contributed by atoms with van der Waals surface area (Å²) in [5.74, 6) is 0.959. The molecule has 0 amide bonds. The van der Waals surface area contributed by atoms with Crippen LogP contribution >= 0.6 is 0 Å². The summed E-state index contributed by atoms with van der Waals surface area (Å²) >= 11 is 0. The number of nitrogens with zero attached hydrogens (tertiary/aromatic N) is 3. The van der Waals surface area contributed by atoms with E-state index in [2.05, 4.69) is 23.9 Å². The predicted octanol–water partition coefficient (Wildman–Crippen LogP) is 3.20. The summed E-state index contributed by atoms with van der Waals surface area (Å²) in [7, 11) is 0. The molecule has 0 aliphatic heterocycles. The topological polar surface area (TPSA) is 30.7 Å². The van der Waals surface area contributed by atoms with Crippen LogP contribution in [0.2, 0.25) is 0 Å². The van der Waals surface area contributed by atoms with Gasteiger partial charge in [-0.15, -0.1) is 0 Å². The van der Waals surface area contributed by atoms with E-state index in [1.54, 1.807) is 0 Å². The summed E-state index contributed by atoms with van der Waals surface area (Å²) in [6.45, 7) is 5.37. The van der Waals surface area contributed by atoms with Gasteiger partial charge in [0.25, 0.3) is 0 Å².